The highest BCUT2D eigenvalue weighted by Gasteiger charge is 2.25. The fraction of sp³-hybridized carbons (Fsp3) is 0.462. The molecular formula is C13H16BrClN2O3. The predicted molar refractivity (Wildman–Crippen MR) is 82.3 cm³/mol. The zero-order chi connectivity index (χ0) is 15.3. The number of alkyl halides is 1. The first-order valence-electron chi connectivity index (χ1n) is 6.15. The molecule has 1 amide bonds. The topological polar surface area (TPSA) is 72.2 Å². The van der Waals surface area contributed by atoms with Gasteiger partial charge in [-0.15, -0.1) is 11.6 Å². The van der Waals surface area contributed by atoms with Gasteiger partial charge in [-0.1, -0.05) is 22.9 Å². The van der Waals surface area contributed by atoms with Crippen LogP contribution in [0.1, 0.15) is 37.0 Å². The fourth-order valence-corrected chi connectivity index (χ4v) is 2.59. The van der Waals surface area contributed by atoms with Crippen LogP contribution in [0.25, 0.3) is 0 Å². The molecule has 0 aliphatic rings. The Balaban J connectivity index is 3.00. The first-order chi connectivity index (χ1) is 9.31. The highest BCUT2D eigenvalue weighted by Crippen LogP contribution is 2.23. The second-order valence-corrected chi connectivity index (χ2v) is 6.06. The van der Waals surface area contributed by atoms with Crippen molar-refractivity contribution in [2.75, 3.05) is 5.88 Å². The van der Waals surface area contributed by atoms with Gasteiger partial charge in [0, 0.05) is 33.6 Å². The highest BCUT2D eigenvalue weighted by atomic mass is 79.9. The van der Waals surface area contributed by atoms with Gasteiger partial charge in [0.25, 0.3) is 11.6 Å². The van der Waals surface area contributed by atoms with E-state index in [1.165, 1.54) is 12.1 Å². The standard InChI is InChI=1S/C13H16BrClN2O3/c1-3-13(2,4-5-15)16-12(18)9-6-10(14)8-11(7-9)17(19)20/h6-8H,3-5H2,1-2H3,(H,16,18). The molecule has 1 atom stereocenters. The molecule has 1 aromatic rings. The second kappa shape index (κ2) is 7.04. The summed E-state index contributed by atoms with van der Waals surface area (Å²) in [5.41, 5.74) is -0.295. The molecule has 5 nitrogen and oxygen atoms in total. The molecule has 20 heavy (non-hydrogen) atoms. The van der Waals surface area contributed by atoms with Crippen molar-refractivity contribution >= 4 is 39.1 Å². The Morgan fingerprint density at radius 2 is 2.15 bits per heavy atom. The SMILES string of the molecule is CCC(C)(CCCl)NC(=O)c1cc(Br)cc([N+](=O)[O-])c1. The molecule has 0 aliphatic carbocycles. The monoisotopic (exact) mass is 362 g/mol. The predicted octanol–water partition coefficient (Wildman–Crippen LogP) is 3.88. The first-order valence-corrected chi connectivity index (χ1v) is 7.47. The number of carbonyl (C=O) groups excluding carboxylic acids is 1. The molecule has 110 valence electrons. The maximum absolute atomic E-state index is 12.2. The van der Waals surface area contributed by atoms with E-state index in [1.54, 1.807) is 6.07 Å². The summed E-state index contributed by atoms with van der Waals surface area (Å²) >= 11 is 8.91. The number of nitro benzene ring substituents is 1. The summed E-state index contributed by atoms with van der Waals surface area (Å²) in [7, 11) is 0. The number of carbonyl (C=O) groups is 1. The number of amides is 1. The summed E-state index contributed by atoms with van der Waals surface area (Å²) in [5.74, 6) is 0.0901. The van der Waals surface area contributed by atoms with E-state index in [0.717, 1.165) is 6.42 Å². The molecule has 0 saturated heterocycles. The lowest BCUT2D eigenvalue weighted by molar-refractivity contribution is -0.385. The van der Waals surface area contributed by atoms with Crippen molar-refractivity contribution in [2.24, 2.45) is 0 Å². The summed E-state index contributed by atoms with van der Waals surface area (Å²) in [6, 6.07) is 4.17. The molecule has 0 bridgehead atoms. The van der Waals surface area contributed by atoms with E-state index in [2.05, 4.69) is 21.2 Å². The van der Waals surface area contributed by atoms with E-state index >= 15 is 0 Å². The van der Waals surface area contributed by atoms with E-state index in [-0.39, 0.29) is 17.2 Å². The second-order valence-electron chi connectivity index (χ2n) is 4.76. The largest absolute Gasteiger partial charge is 0.347 e. The van der Waals surface area contributed by atoms with Gasteiger partial charge in [0.2, 0.25) is 0 Å². The minimum absolute atomic E-state index is 0.125. The van der Waals surface area contributed by atoms with Crippen LogP contribution >= 0.6 is 27.5 Å². The van der Waals surface area contributed by atoms with Gasteiger partial charge in [-0.2, -0.15) is 0 Å². The Morgan fingerprint density at radius 3 is 2.65 bits per heavy atom. The minimum Gasteiger partial charge on any atom is -0.347 e. The van der Waals surface area contributed by atoms with Crippen molar-refractivity contribution in [2.45, 2.75) is 32.2 Å². The summed E-state index contributed by atoms with van der Waals surface area (Å²) in [5, 5.41) is 13.7. The quantitative estimate of drug-likeness (QED) is 0.473. The zero-order valence-electron chi connectivity index (χ0n) is 11.3. The van der Waals surface area contributed by atoms with Crippen LogP contribution in [0.4, 0.5) is 5.69 Å². The maximum Gasteiger partial charge on any atom is 0.271 e. The molecule has 0 saturated carbocycles. The van der Waals surface area contributed by atoms with Crippen molar-refractivity contribution in [3.05, 3.63) is 38.3 Å². The lowest BCUT2D eigenvalue weighted by atomic mass is 9.95. The smallest absolute Gasteiger partial charge is 0.271 e. The molecule has 1 aromatic carbocycles. The molecule has 1 rings (SSSR count). The van der Waals surface area contributed by atoms with E-state index < -0.39 is 10.5 Å². The zero-order valence-corrected chi connectivity index (χ0v) is 13.6. The van der Waals surface area contributed by atoms with E-state index in [9.17, 15) is 14.9 Å². The molecule has 0 heterocycles. The molecule has 0 aromatic heterocycles. The first kappa shape index (κ1) is 16.9. The van der Waals surface area contributed by atoms with Crippen molar-refractivity contribution in [1.29, 1.82) is 0 Å². The number of hydrogen-bond donors (Lipinski definition) is 1. The minimum atomic E-state index is -0.528. The Labute approximate surface area is 131 Å². The Morgan fingerprint density at radius 1 is 1.50 bits per heavy atom. The summed E-state index contributed by atoms with van der Waals surface area (Å²) < 4.78 is 0.493. The normalized spacial score (nSPS) is 13.6. The number of benzene rings is 1. The number of non-ortho nitro benzene ring substituents is 1. The molecule has 0 fully saturated rings. The number of nitrogens with zero attached hydrogens (tertiary/aromatic N) is 1. The van der Waals surface area contributed by atoms with Gasteiger partial charge in [0.15, 0.2) is 0 Å². The van der Waals surface area contributed by atoms with Gasteiger partial charge < -0.3 is 5.32 Å². The molecule has 0 aliphatic heterocycles. The van der Waals surface area contributed by atoms with Gasteiger partial charge in [0.1, 0.15) is 0 Å². The summed E-state index contributed by atoms with van der Waals surface area (Å²) in [6.45, 7) is 3.86. The van der Waals surface area contributed by atoms with Gasteiger partial charge in [-0.3, -0.25) is 14.9 Å². The molecule has 7 heteroatoms. The third kappa shape index (κ3) is 4.45. The molecule has 1 unspecified atom stereocenters. The van der Waals surface area contributed by atoms with E-state index in [1.807, 2.05) is 13.8 Å². The van der Waals surface area contributed by atoms with E-state index in [4.69, 9.17) is 11.6 Å². The Bertz CT molecular complexity index is 524. The van der Waals surface area contributed by atoms with Crippen LogP contribution in [0.15, 0.2) is 22.7 Å². The third-order valence-electron chi connectivity index (χ3n) is 3.20. The summed E-state index contributed by atoms with van der Waals surface area (Å²) in [6.07, 6.45) is 1.36. The van der Waals surface area contributed by atoms with Gasteiger partial charge in [-0.05, 0) is 25.8 Å². The highest BCUT2D eigenvalue weighted by molar-refractivity contribution is 9.10. The fourth-order valence-electron chi connectivity index (χ4n) is 1.69. The number of hydrogen-bond acceptors (Lipinski definition) is 3. The van der Waals surface area contributed by atoms with Gasteiger partial charge in [0.05, 0.1) is 4.92 Å². The molecular weight excluding hydrogens is 348 g/mol. The molecule has 0 spiro atoms. The Kier molecular flexibility index (Phi) is 5.95. The number of rotatable bonds is 6. The van der Waals surface area contributed by atoms with Crippen LogP contribution in [0, 0.1) is 10.1 Å². The van der Waals surface area contributed by atoms with Crippen molar-refractivity contribution in [3.63, 3.8) is 0 Å². The van der Waals surface area contributed by atoms with Crippen LogP contribution in [-0.4, -0.2) is 22.2 Å². The third-order valence-corrected chi connectivity index (χ3v) is 3.84. The average molecular weight is 364 g/mol. The lowest BCUT2D eigenvalue weighted by Crippen LogP contribution is -2.45. The number of nitro groups is 1. The van der Waals surface area contributed by atoms with Crippen LogP contribution in [-0.2, 0) is 0 Å². The molecule has 1 N–H and O–H groups in total. The van der Waals surface area contributed by atoms with Crippen LogP contribution in [0.5, 0.6) is 0 Å². The van der Waals surface area contributed by atoms with Gasteiger partial charge >= 0.3 is 0 Å². The van der Waals surface area contributed by atoms with Crippen molar-refractivity contribution < 1.29 is 9.72 Å². The van der Waals surface area contributed by atoms with E-state index in [0.29, 0.717) is 16.8 Å². The van der Waals surface area contributed by atoms with Crippen LogP contribution in [0.2, 0.25) is 0 Å². The number of halogens is 2. The number of nitrogens with one attached hydrogen (secondary N) is 1. The lowest BCUT2D eigenvalue weighted by Gasteiger charge is -2.29. The average Bonchev–Trinajstić information content (AvgIpc) is 2.38. The van der Waals surface area contributed by atoms with Crippen LogP contribution in [0.3, 0.4) is 0 Å². The van der Waals surface area contributed by atoms with Gasteiger partial charge in [-0.25, -0.2) is 0 Å². The van der Waals surface area contributed by atoms with Crippen LogP contribution < -0.4 is 5.32 Å². The summed E-state index contributed by atoms with van der Waals surface area (Å²) in [4.78, 5) is 22.5. The maximum atomic E-state index is 12.2. The Hall–Kier alpha value is -1.14. The molecule has 0 radical (unpaired) electrons. The van der Waals surface area contributed by atoms with Crippen molar-refractivity contribution in [3.8, 4) is 0 Å². The van der Waals surface area contributed by atoms with Crippen molar-refractivity contribution in [1.82, 2.24) is 5.32 Å².